The first-order valence-electron chi connectivity index (χ1n) is 12.2. The molecule has 0 saturated heterocycles. The number of amides is 1. The Kier molecular flexibility index (Phi) is 4.13. The number of carbonyl (C=O) groups is 2. The van der Waals surface area contributed by atoms with Gasteiger partial charge in [-0.2, -0.15) is 0 Å². The van der Waals surface area contributed by atoms with E-state index in [1.165, 1.54) is 12.1 Å². The van der Waals surface area contributed by atoms with Crippen LogP contribution in [0.25, 0.3) is 21.9 Å². The number of nitrogens with one attached hydrogen (secondary N) is 1. The van der Waals surface area contributed by atoms with Gasteiger partial charge in [-0.3, -0.25) is 9.59 Å². The molecule has 4 aromatic rings. The van der Waals surface area contributed by atoms with Crippen LogP contribution in [-0.4, -0.2) is 27.1 Å². The van der Waals surface area contributed by atoms with Crippen molar-refractivity contribution in [3.63, 3.8) is 0 Å². The fraction of sp³-hybridized carbons (Fsp3) is 0.357. The van der Waals surface area contributed by atoms with Crippen molar-refractivity contribution >= 4 is 33.7 Å². The van der Waals surface area contributed by atoms with Crippen molar-refractivity contribution in [2.45, 2.75) is 44.2 Å². The zero-order valence-corrected chi connectivity index (χ0v) is 19.1. The van der Waals surface area contributed by atoms with Crippen LogP contribution in [0.15, 0.2) is 59.1 Å². The molecule has 6 nitrogen and oxygen atoms in total. The van der Waals surface area contributed by atoms with E-state index in [9.17, 15) is 19.1 Å². The van der Waals surface area contributed by atoms with Gasteiger partial charge in [0.2, 0.25) is 0 Å². The molecule has 0 spiro atoms. The third-order valence-electron chi connectivity index (χ3n) is 8.79. The van der Waals surface area contributed by atoms with Crippen LogP contribution in [0, 0.1) is 23.1 Å². The molecular weight excluding hydrogens is 447 g/mol. The molecule has 0 unspecified atom stereocenters. The number of fused-ring (bicyclic) bond motifs is 3. The number of para-hydroxylation sites is 1. The number of hydrogen-bond acceptors (Lipinski definition) is 3. The van der Waals surface area contributed by atoms with Crippen molar-refractivity contribution in [3.8, 4) is 0 Å². The van der Waals surface area contributed by atoms with Gasteiger partial charge in [0.25, 0.3) is 5.91 Å². The third kappa shape index (κ3) is 3.00. The van der Waals surface area contributed by atoms with Crippen LogP contribution in [0.2, 0.25) is 0 Å². The van der Waals surface area contributed by atoms with Gasteiger partial charge in [-0.15, -0.1) is 0 Å². The van der Waals surface area contributed by atoms with Crippen molar-refractivity contribution in [2.75, 3.05) is 0 Å². The number of rotatable bonds is 6. The molecule has 1 atom stereocenters. The van der Waals surface area contributed by atoms with E-state index in [2.05, 4.69) is 5.32 Å². The highest BCUT2D eigenvalue weighted by molar-refractivity contribution is 6.06. The summed E-state index contributed by atoms with van der Waals surface area (Å²) in [6, 6.07) is 14.3. The fourth-order valence-electron chi connectivity index (χ4n) is 6.96. The maximum Gasteiger partial charge on any atom is 0.306 e. The molecule has 2 bridgehead atoms. The Hall–Kier alpha value is -3.61. The van der Waals surface area contributed by atoms with Gasteiger partial charge in [0.15, 0.2) is 0 Å². The molecule has 4 saturated carbocycles. The molecular formula is C28H25FN2O4. The van der Waals surface area contributed by atoms with Gasteiger partial charge in [-0.25, -0.2) is 4.39 Å². The van der Waals surface area contributed by atoms with Gasteiger partial charge in [0.1, 0.15) is 17.2 Å². The second-order valence-electron chi connectivity index (χ2n) is 10.7. The van der Waals surface area contributed by atoms with E-state index in [-0.39, 0.29) is 28.7 Å². The lowest BCUT2D eigenvalue weighted by atomic mass is 9.63. The van der Waals surface area contributed by atoms with Crippen LogP contribution in [0.5, 0.6) is 0 Å². The Balaban J connectivity index is 1.21. The van der Waals surface area contributed by atoms with E-state index in [1.54, 1.807) is 0 Å². The summed E-state index contributed by atoms with van der Waals surface area (Å²) in [5.41, 5.74) is 1.25. The minimum absolute atomic E-state index is 0.140. The van der Waals surface area contributed by atoms with Crippen LogP contribution < -0.4 is 5.32 Å². The number of benzene rings is 2. The zero-order valence-electron chi connectivity index (χ0n) is 19.1. The molecule has 0 aliphatic heterocycles. The summed E-state index contributed by atoms with van der Waals surface area (Å²) in [6.45, 7) is 0.418. The SMILES string of the molecule is O=C(NC1(C23CC(C2)[C@@H](C(=O)O)C3)CC1)c1cc(F)cc2ccn(Cc3cc4ccccc4o3)c12. The summed E-state index contributed by atoms with van der Waals surface area (Å²) >= 11 is 0. The molecule has 2 aromatic carbocycles. The molecule has 2 N–H and O–H groups in total. The van der Waals surface area contributed by atoms with Crippen molar-refractivity contribution in [3.05, 3.63) is 71.9 Å². The van der Waals surface area contributed by atoms with E-state index in [4.69, 9.17) is 4.42 Å². The Morgan fingerprint density at radius 3 is 2.60 bits per heavy atom. The number of aromatic nitrogens is 1. The predicted molar refractivity (Wildman–Crippen MR) is 128 cm³/mol. The summed E-state index contributed by atoms with van der Waals surface area (Å²) < 4.78 is 22.4. The Morgan fingerprint density at radius 2 is 1.89 bits per heavy atom. The second kappa shape index (κ2) is 6.97. The highest BCUT2D eigenvalue weighted by Gasteiger charge is 2.71. The van der Waals surface area contributed by atoms with Crippen LogP contribution in [-0.2, 0) is 11.3 Å². The predicted octanol–water partition coefficient (Wildman–Crippen LogP) is 5.34. The van der Waals surface area contributed by atoms with Crippen molar-refractivity contribution in [1.82, 2.24) is 9.88 Å². The third-order valence-corrected chi connectivity index (χ3v) is 8.79. The summed E-state index contributed by atoms with van der Waals surface area (Å²) in [6.07, 6.45) is 5.86. The number of carboxylic acids is 1. The van der Waals surface area contributed by atoms with E-state index < -0.39 is 11.8 Å². The van der Waals surface area contributed by atoms with Gasteiger partial charge >= 0.3 is 5.97 Å². The standard InChI is InChI=1S/C28H25FN2O4/c29-19-9-17-5-8-31(15-20-10-16-3-1-2-4-23(16)35-20)24(17)21(11-19)25(32)30-28(6-7-28)27-12-18(13-27)22(14-27)26(33)34/h1-5,8-11,18,22H,6-7,12-15H2,(H,30,32)(H,33,34)/t18?,22-,27?/m0/s1. The monoisotopic (exact) mass is 472 g/mol. The van der Waals surface area contributed by atoms with Crippen LogP contribution in [0.1, 0.15) is 48.2 Å². The van der Waals surface area contributed by atoms with Crippen LogP contribution in [0.4, 0.5) is 4.39 Å². The van der Waals surface area contributed by atoms with E-state index in [1.807, 2.05) is 47.2 Å². The number of aliphatic carboxylic acids is 1. The van der Waals surface area contributed by atoms with Gasteiger partial charge in [-0.05, 0) is 73.8 Å². The van der Waals surface area contributed by atoms with Crippen molar-refractivity contribution in [2.24, 2.45) is 17.3 Å². The lowest BCUT2D eigenvalue weighted by Gasteiger charge is -2.46. The summed E-state index contributed by atoms with van der Waals surface area (Å²) in [7, 11) is 0. The Morgan fingerprint density at radius 1 is 1.09 bits per heavy atom. The van der Waals surface area contributed by atoms with Crippen LogP contribution >= 0.6 is 0 Å². The topological polar surface area (TPSA) is 84.5 Å². The minimum atomic E-state index is -0.730. The molecule has 0 radical (unpaired) electrons. The number of furan rings is 1. The Bertz CT molecular complexity index is 1490. The van der Waals surface area contributed by atoms with Gasteiger partial charge in [0.05, 0.1) is 23.5 Å². The second-order valence-corrected chi connectivity index (χ2v) is 10.7. The summed E-state index contributed by atoms with van der Waals surface area (Å²) in [5, 5.41) is 14.5. The first-order chi connectivity index (χ1) is 16.9. The van der Waals surface area contributed by atoms with Gasteiger partial charge in [-0.1, -0.05) is 18.2 Å². The largest absolute Gasteiger partial charge is 0.481 e. The average molecular weight is 473 g/mol. The number of nitrogens with zero attached hydrogens (tertiary/aromatic N) is 1. The minimum Gasteiger partial charge on any atom is -0.481 e. The van der Waals surface area contributed by atoms with Crippen molar-refractivity contribution < 1.29 is 23.5 Å². The van der Waals surface area contributed by atoms with E-state index >= 15 is 0 Å². The maximum atomic E-state index is 14.5. The molecule has 7 heteroatoms. The molecule has 4 aliphatic rings. The molecule has 35 heavy (non-hydrogen) atoms. The summed E-state index contributed by atoms with van der Waals surface area (Å²) in [4.78, 5) is 25.2. The number of carbonyl (C=O) groups excluding carboxylic acids is 1. The summed E-state index contributed by atoms with van der Waals surface area (Å²) in [5.74, 6) is -0.833. The molecule has 4 aliphatic carbocycles. The smallest absolute Gasteiger partial charge is 0.306 e. The number of halogens is 1. The molecule has 2 aromatic heterocycles. The molecule has 8 rings (SSSR count). The first-order valence-corrected chi connectivity index (χ1v) is 12.2. The number of hydrogen-bond donors (Lipinski definition) is 2. The number of carboxylic acid groups (broad SMARTS) is 1. The molecule has 4 fully saturated rings. The normalized spacial score (nSPS) is 26.1. The van der Waals surface area contributed by atoms with E-state index in [0.29, 0.717) is 29.4 Å². The van der Waals surface area contributed by atoms with Gasteiger partial charge in [0, 0.05) is 22.5 Å². The lowest BCUT2D eigenvalue weighted by molar-refractivity contribution is -0.142. The van der Waals surface area contributed by atoms with E-state index in [0.717, 1.165) is 42.4 Å². The highest BCUT2D eigenvalue weighted by Crippen LogP contribution is 2.72. The van der Waals surface area contributed by atoms with Crippen LogP contribution in [0.3, 0.4) is 0 Å². The average Bonchev–Trinajstić information content (AvgIpc) is 3.18. The van der Waals surface area contributed by atoms with Crippen molar-refractivity contribution in [1.29, 1.82) is 0 Å². The van der Waals surface area contributed by atoms with Gasteiger partial charge < -0.3 is 19.4 Å². The maximum absolute atomic E-state index is 14.5. The lowest BCUT2D eigenvalue weighted by Crippen LogP contribution is -2.52. The quantitative estimate of drug-likeness (QED) is 0.397. The zero-order chi connectivity index (χ0) is 23.9. The highest BCUT2D eigenvalue weighted by atomic mass is 19.1. The molecule has 2 heterocycles. The Labute approximate surface area is 200 Å². The molecule has 178 valence electrons. The first kappa shape index (κ1) is 20.7. The fourth-order valence-corrected chi connectivity index (χ4v) is 6.96. The molecule has 1 amide bonds.